The Morgan fingerprint density at radius 3 is 2.48 bits per heavy atom. The number of rotatable bonds is 6. The van der Waals surface area contributed by atoms with Gasteiger partial charge in [0.05, 0.1) is 34.7 Å². The number of nitrogens with one attached hydrogen (secondary N) is 1. The van der Waals surface area contributed by atoms with Crippen LogP contribution in [0.2, 0.25) is 0 Å². The largest absolute Gasteiger partial charge is 0.446 e. The third-order valence-corrected chi connectivity index (χ3v) is 7.01. The molecular weight excluding hydrogens is 532 g/mol. The fourth-order valence-electron chi connectivity index (χ4n) is 4.09. The van der Waals surface area contributed by atoms with E-state index >= 15 is 0 Å². The molecule has 11 nitrogen and oxygen atoms in total. The summed E-state index contributed by atoms with van der Waals surface area (Å²) in [4.78, 5) is 51.3. The van der Waals surface area contributed by atoms with E-state index in [1.807, 2.05) is 49.9 Å². The molecule has 1 N–H and O–H groups in total. The average molecular weight is 569 g/mol. The maximum Gasteiger partial charge on any atom is 0.414 e. The molecule has 1 aliphatic rings. The number of pyridine rings is 1. The van der Waals surface area contributed by atoms with Crippen molar-refractivity contribution < 1.29 is 23.9 Å². The summed E-state index contributed by atoms with van der Waals surface area (Å²) in [6.07, 6.45) is 2.36. The Balaban J connectivity index is 1.36. The third-order valence-electron chi connectivity index (χ3n) is 6.08. The molecule has 4 rings (SSSR count). The Kier molecular flexibility index (Phi) is 8.89. The van der Waals surface area contributed by atoms with Crippen LogP contribution in [0, 0.1) is 0 Å². The first-order valence-corrected chi connectivity index (χ1v) is 14.0. The zero-order valence-corrected chi connectivity index (χ0v) is 24.6. The highest BCUT2D eigenvalue weighted by molar-refractivity contribution is 7.22. The summed E-state index contributed by atoms with van der Waals surface area (Å²) < 4.78 is 11.6. The molecule has 3 amide bonds. The van der Waals surface area contributed by atoms with E-state index in [-0.39, 0.29) is 24.6 Å². The van der Waals surface area contributed by atoms with Crippen molar-refractivity contribution in [3.63, 3.8) is 0 Å². The molecular formula is C28H36N6O5S. The van der Waals surface area contributed by atoms with Crippen molar-refractivity contribution in [1.29, 1.82) is 0 Å². The Morgan fingerprint density at radius 1 is 1.07 bits per heavy atom. The molecule has 0 bridgehead atoms. The van der Waals surface area contributed by atoms with Crippen LogP contribution in [0.3, 0.4) is 0 Å². The number of carbonyl (C=O) groups is 3. The Labute approximate surface area is 238 Å². The van der Waals surface area contributed by atoms with Gasteiger partial charge in [-0.05, 0) is 58.4 Å². The number of aromatic nitrogens is 2. The number of anilines is 2. The molecule has 0 atom stereocenters. The summed E-state index contributed by atoms with van der Waals surface area (Å²) in [6.45, 7) is 11.6. The highest BCUT2D eigenvalue weighted by Crippen LogP contribution is 2.31. The van der Waals surface area contributed by atoms with Crippen LogP contribution >= 0.6 is 11.3 Å². The van der Waals surface area contributed by atoms with Gasteiger partial charge in [0.1, 0.15) is 5.60 Å². The van der Waals surface area contributed by atoms with E-state index in [1.165, 1.54) is 16.2 Å². The molecule has 40 heavy (non-hydrogen) atoms. The molecule has 12 heteroatoms. The number of benzene rings is 1. The molecule has 1 fully saturated rings. The van der Waals surface area contributed by atoms with Gasteiger partial charge in [0.2, 0.25) is 5.91 Å². The van der Waals surface area contributed by atoms with Gasteiger partial charge in [0.15, 0.2) is 5.13 Å². The second-order valence-corrected chi connectivity index (χ2v) is 11.9. The Hall–Kier alpha value is -3.77. The fraction of sp³-hybridized carbons (Fsp3) is 0.464. The molecule has 2 aromatic heterocycles. The molecule has 1 aliphatic heterocycles. The number of hydrogen-bond donors (Lipinski definition) is 1. The van der Waals surface area contributed by atoms with E-state index in [0.29, 0.717) is 37.0 Å². The summed E-state index contributed by atoms with van der Waals surface area (Å²) in [7, 11) is 1.65. The number of carbonyl (C=O) groups excluding carboxylic acids is 3. The average Bonchev–Trinajstić information content (AvgIpc) is 3.28. The standard InChI is InChI=1S/C28H36N6O5S/c1-18(2)38-26(36)32(6)21-13-20(15-29-16-21)19-7-8-22-23(14-19)40-25(30-22)31-24(35)17-33-9-11-34(12-10-33)27(37)39-28(3,4)5/h7-8,13-16,18H,9-12,17H2,1-6H3,(H,30,31,35). The lowest BCUT2D eigenvalue weighted by Gasteiger charge is -2.35. The van der Waals surface area contributed by atoms with Gasteiger partial charge >= 0.3 is 12.2 Å². The van der Waals surface area contributed by atoms with Gasteiger partial charge in [-0.25, -0.2) is 14.6 Å². The molecule has 3 aromatic rings. The Bertz CT molecular complexity index is 1380. The number of thiazole rings is 1. The third kappa shape index (κ3) is 7.66. The van der Waals surface area contributed by atoms with Crippen LogP contribution < -0.4 is 10.2 Å². The number of piperazine rings is 1. The quantitative estimate of drug-likeness (QED) is 0.449. The van der Waals surface area contributed by atoms with Gasteiger partial charge in [-0.2, -0.15) is 0 Å². The van der Waals surface area contributed by atoms with Crippen molar-refractivity contribution in [2.24, 2.45) is 0 Å². The van der Waals surface area contributed by atoms with Crippen LogP contribution in [0.15, 0.2) is 36.7 Å². The van der Waals surface area contributed by atoms with Crippen molar-refractivity contribution in [2.75, 3.05) is 50.0 Å². The van der Waals surface area contributed by atoms with E-state index in [1.54, 1.807) is 38.2 Å². The van der Waals surface area contributed by atoms with E-state index < -0.39 is 11.7 Å². The predicted molar refractivity (Wildman–Crippen MR) is 156 cm³/mol. The van der Waals surface area contributed by atoms with E-state index in [2.05, 4.69) is 15.3 Å². The highest BCUT2D eigenvalue weighted by atomic mass is 32.1. The first kappa shape index (κ1) is 29.2. The molecule has 1 saturated heterocycles. The molecule has 0 aliphatic carbocycles. The minimum atomic E-state index is -0.535. The van der Waals surface area contributed by atoms with Crippen LogP contribution in [0.1, 0.15) is 34.6 Å². The molecule has 0 radical (unpaired) electrons. The maximum atomic E-state index is 12.7. The lowest BCUT2D eigenvalue weighted by atomic mass is 10.1. The summed E-state index contributed by atoms with van der Waals surface area (Å²) in [5, 5.41) is 3.43. The van der Waals surface area contributed by atoms with Gasteiger partial charge in [-0.1, -0.05) is 17.4 Å². The van der Waals surface area contributed by atoms with Crippen molar-refractivity contribution in [3.8, 4) is 11.1 Å². The van der Waals surface area contributed by atoms with Gasteiger partial charge in [0, 0.05) is 45.0 Å². The molecule has 0 spiro atoms. The number of hydrogen-bond acceptors (Lipinski definition) is 9. The number of fused-ring (bicyclic) bond motifs is 1. The monoisotopic (exact) mass is 568 g/mol. The fourth-order valence-corrected chi connectivity index (χ4v) is 5.01. The van der Waals surface area contributed by atoms with Crippen LogP contribution in [0.4, 0.5) is 20.4 Å². The highest BCUT2D eigenvalue weighted by Gasteiger charge is 2.26. The number of amides is 3. The summed E-state index contributed by atoms with van der Waals surface area (Å²) in [6, 6.07) is 7.70. The molecule has 3 heterocycles. The van der Waals surface area contributed by atoms with E-state index in [9.17, 15) is 14.4 Å². The lowest BCUT2D eigenvalue weighted by Crippen LogP contribution is -2.51. The van der Waals surface area contributed by atoms with Crippen LogP contribution in [-0.4, -0.2) is 89.3 Å². The smallest absolute Gasteiger partial charge is 0.414 e. The lowest BCUT2D eigenvalue weighted by molar-refractivity contribution is -0.117. The van der Waals surface area contributed by atoms with Crippen molar-refractivity contribution >= 4 is 50.5 Å². The van der Waals surface area contributed by atoms with Gasteiger partial charge < -0.3 is 19.7 Å². The minimum absolute atomic E-state index is 0.154. The predicted octanol–water partition coefficient (Wildman–Crippen LogP) is 4.83. The topological polar surface area (TPSA) is 117 Å². The number of nitrogens with zero attached hydrogens (tertiary/aromatic N) is 5. The summed E-state index contributed by atoms with van der Waals surface area (Å²) >= 11 is 1.39. The first-order chi connectivity index (χ1) is 18.9. The van der Waals surface area contributed by atoms with E-state index in [4.69, 9.17) is 9.47 Å². The second kappa shape index (κ2) is 12.2. The molecule has 1 aromatic carbocycles. The first-order valence-electron chi connectivity index (χ1n) is 13.2. The zero-order valence-electron chi connectivity index (χ0n) is 23.8. The molecule has 0 saturated carbocycles. The van der Waals surface area contributed by atoms with Gasteiger partial charge in [0.25, 0.3) is 0 Å². The van der Waals surface area contributed by atoms with Crippen molar-refractivity contribution in [3.05, 3.63) is 36.7 Å². The Morgan fingerprint density at radius 2 is 1.80 bits per heavy atom. The second-order valence-electron chi connectivity index (χ2n) is 10.9. The maximum absolute atomic E-state index is 12.7. The summed E-state index contributed by atoms with van der Waals surface area (Å²) in [5.41, 5.74) is 2.61. The normalized spacial score (nSPS) is 14.3. The van der Waals surface area contributed by atoms with E-state index in [0.717, 1.165) is 21.3 Å². The van der Waals surface area contributed by atoms with Crippen molar-refractivity contribution in [1.82, 2.24) is 19.8 Å². The molecule has 0 unspecified atom stereocenters. The SMILES string of the molecule is CC(C)OC(=O)N(C)c1cncc(-c2ccc3nc(NC(=O)CN4CCN(C(=O)OC(C)(C)C)CC4)sc3c2)c1. The van der Waals surface area contributed by atoms with Crippen LogP contribution in [0.25, 0.3) is 21.3 Å². The molecule has 214 valence electrons. The van der Waals surface area contributed by atoms with Gasteiger partial charge in [-0.15, -0.1) is 0 Å². The summed E-state index contributed by atoms with van der Waals surface area (Å²) in [5.74, 6) is -0.154. The van der Waals surface area contributed by atoms with Crippen molar-refractivity contribution in [2.45, 2.75) is 46.3 Å². The van der Waals surface area contributed by atoms with Gasteiger partial charge in [-0.3, -0.25) is 19.6 Å². The zero-order chi connectivity index (χ0) is 29.0. The van der Waals surface area contributed by atoms with Crippen LogP contribution in [-0.2, 0) is 14.3 Å². The van der Waals surface area contributed by atoms with Crippen LogP contribution in [0.5, 0.6) is 0 Å². The minimum Gasteiger partial charge on any atom is -0.446 e. The number of ether oxygens (including phenoxy) is 2.